The minimum absolute atomic E-state index is 0.00957. The van der Waals surface area contributed by atoms with Crippen LogP contribution in [0.3, 0.4) is 0 Å². The topological polar surface area (TPSA) is 96.0 Å². The second-order valence-electron chi connectivity index (χ2n) is 9.39. The number of nitrogens with zero attached hydrogens (tertiary/aromatic N) is 2. The molecule has 40 heavy (non-hydrogen) atoms. The quantitative estimate of drug-likeness (QED) is 0.323. The van der Waals surface area contributed by atoms with E-state index in [0.717, 1.165) is 34.0 Å². The average Bonchev–Trinajstić information content (AvgIpc) is 2.95. The van der Waals surface area contributed by atoms with Crippen LogP contribution in [-0.4, -0.2) is 51.4 Å². The number of ether oxygens (including phenoxy) is 1. The fourth-order valence-corrected chi connectivity index (χ4v) is 5.60. The van der Waals surface area contributed by atoms with Gasteiger partial charge in [-0.15, -0.1) is 0 Å². The molecule has 1 N–H and O–H groups in total. The van der Waals surface area contributed by atoms with Crippen molar-refractivity contribution in [2.24, 2.45) is 0 Å². The molecule has 0 aromatic heterocycles. The smallest absolute Gasteiger partial charge is 0.264 e. The van der Waals surface area contributed by atoms with Gasteiger partial charge in [0.15, 0.2) is 0 Å². The van der Waals surface area contributed by atoms with Crippen molar-refractivity contribution in [3.05, 3.63) is 89.7 Å². The third-order valence-corrected chi connectivity index (χ3v) is 8.24. The molecule has 0 saturated heterocycles. The average molecular weight is 570 g/mol. The summed E-state index contributed by atoms with van der Waals surface area (Å²) in [4.78, 5) is 28.5. The Morgan fingerprint density at radius 1 is 0.950 bits per heavy atom. The van der Waals surface area contributed by atoms with Crippen molar-refractivity contribution in [1.82, 2.24) is 10.2 Å². The molecule has 214 valence electrons. The Hall–Kier alpha value is -3.92. The highest BCUT2D eigenvalue weighted by atomic mass is 32.2. The Bertz CT molecular complexity index is 1380. The summed E-state index contributed by atoms with van der Waals surface area (Å²) in [6.45, 7) is 5.49. The molecule has 1 atom stereocenters. The first-order valence-electron chi connectivity index (χ1n) is 13.2. The first-order valence-corrected chi connectivity index (χ1v) is 14.6. The summed E-state index contributed by atoms with van der Waals surface area (Å²) < 4.78 is 47.5. The lowest BCUT2D eigenvalue weighted by atomic mass is 10.1. The van der Waals surface area contributed by atoms with E-state index in [1.807, 2.05) is 13.8 Å². The fraction of sp³-hybridized carbons (Fsp3) is 0.333. The number of amides is 2. The molecule has 0 bridgehead atoms. The maximum absolute atomic E-state index is 14.0. The molecule has 3 rings (SSSR count). The van der Waals surface area contributed by atoms with Crippen molar-refractivity contribution in [2.75, 3.05) is 24.5 Å². The van der Waals surface area contributed by atoms with Gasteiger partial charge in [0.05, 0.1) is 17.7 Å². The minimum Gasteiger partial charge on any atom is -0.497 e. The largest absolute Gasteiger partial charge is 0.497 e. The van der Waals surface area contributed by atoms with Crippen LogP contribution in [0.25, 0.3) is 0 Å². The minimum atomic E-state index is -4.21. The van der Waals surface area contributed by atoms with Crippen LogP contribution in [-0.2, 0) is 26.2 Å². The number of carbonyl (C=O) groups excluding carboxylic acids is 2. The molecule has 0 spiro atoms. The van der Waals surface area contributed by atoms with Crippen LogP contribution in [0.5, 0.6) is 5.75 Å². The number of aryl methyl sites for hydroxylation is 1. The molecule has 0 heterocycles. The zero-order chi connectivity index (χ0) is 29.3. The summed E-state index contributed by atoms with van der Waals surface area (Å²) in [5.74, 6) is -0.793. The number of halogens is 1. The van der Waals surface area contributed by atoms with Crippen LogP contribution in [0.2, 0.25) is 0 Å². The number of rotatable bonds is 13. The number of carbonyl (C=O) groups is 2. The number of benzene rings is 3. The van der Waals surface area contributed by atoms with Gasteiger partial charge in [-0.25, -0.2) is 12.8 Å². The van der Waals surface area contributed by atoms with E-state index in [1.54, 1.807) is 50.4 Å². The van der Waals surface area contributed by atoms with Gasteiger partial charge in [0, 0.05) is 13.1 Å². The van der Waals surface area contributed by atoms with Crippen molar-refractivity contribution < 1.29 is 27.1 Å². The normalized spacial score (nSPS) is 11.9. The van der Waals surface area contributed by atoms with Gasteiger partial charge in [0.25, 0.3) is 10.0 Å². The number of methoxy groups -OCH3 is 1. The first kappa shape index (κ1) is 30.6. The molecule has 0 radical (unpaired) electrons. The Balaban J connectivity index is 2.03. The third kappa shape index (κ3) is 7.59. The maximum Gasteiger partial charge on any atom is 0.264 e. The van der Waals surface area contributed by atoms with Gasteiger partial charge in [-0.2, -0.15) is 0 Å². The van der Waals surface area contributed by atoms with Gasteiger partial charge in [-0.05, 0) is 73.9 Å². The molecule has 0 aliphatic heterocycles. The lowest BCUT2D eigenvalue weighted by Gasteiger charge is -2.33. The number of sulfonamides is 1. The van der Waals surface area contributed by atoms with E-state index in [4.69, 9.17) is 4.74 Å². The van der Waals surface area contributed by atoms with E-state index < -0.39 is 34.3 Å². The Labute approximate surface area is 235 Å². The molecule has 0 unspecified atom stereocenters. The Morgan fingerprint density at radius 3 is 2.12 bits per heavy atom. The van der Waals surface area contributed by atoms with Gasteiger partial charge in [-0.3, -0.25) is 13.9 Å². The predicted octanol–water partition coefficient (Wildman–Crippen LogP) is 4.67. The Kier molecular flexibility index (Phi) is 10.7. The number of nitrogens with one attached hydrogen (secondary N) is 1. The molecule has 0 saturated carbocycles. The summed E-state index contributed by atoms with van der Waals surface area (Å²) in [6, 6.07) is 17.4. The predicted molar refractivity (Wildman–Crippen MR) is 153 cm³/mol. The van der Waals surface area contributed by atoms with Gasteiger partial charge in [0.1, 0.15) is 24.2 Å². The standard InChI is InChI=1S/C30H36FN3O5S/c1-5-19-32-30(36)28(6-2)33(20-23-9-15-26(39-4)16-10-23)29(35)21-34(25-13-11-24(31)12-14-25)40(37,38)27-17-7-22(3)8-18-27/h7-18,28H,5-6,19-21H2,1-4H3,(H,32,36)/t28-/m0/s1. The van der Waals surface area contributed by atoms with Crippen LogP contribution in [0.15, 0.2) is 77.7 Å². The van der Waals surface area contributed by atoms with E-state index in [1.165, 1.54) is 29.2 Å². The maximum atomic E-state index is 14.0. The van der Waals surface area contributed by atoms with E-state index >= 15 is 0 Å². The van der Waals surface area contributed by atoms with Gasteiger partial charge in [-0.1, -0.05) is 43.7 Å². The van der Waals surface area contributed by atoms with Crippen molar-refractivity contribution in [3.63, 3.8) is 0 Å². The van der Waals surface area contributed by atoms with Crippen molar-refractivity contribution >= 4 is 27.5 Å². The summed E-state index contributed by atoms with van der Waals surface area (Å²) in [7, 11) is -2.66. The van der Waals surface area contributed by atoms with E-state index in [-0.39, 0.29) is 23.0 Å². The second-order valence-corrected chi connectivity index (χ2v) is 11.2. The molecule has 8 nitrogen and oxygen atoms in total. The van der Waals surface area contributed by atoms with E-state index in [0.29, 0.717) is 18.7 Å². The van der Waals surface area contributed by atoms with Crippen molar-refractivity contribution in [1.29, 1.82) is 0 Å². The van der Waals surface area contributed by atoms with Crippen LogP contribution in [0, 0.1) is 12.7 Å². The number of hydrogen-bond acceptors (Lipinski definition) is 5. The number of anilines is 1. The zero-order valence-electron chi connectivity index (χ0n) is 23.3. The Morgan fingerprint density at radius 2 is 1.57 bits per heavy atom. The highest BCUT2D eigenvalue weighted by molar-refractivity contribution is 7.92. The summed E-state index contributed by atoms with van der Waals surface area (Å²) in [5, 5.41) is 2.85. The fourth-order valence-electron chi connectivity index (χ4n) is 4.19. The molecule has 3 aromatic carbocycles. The first-order chi connectivity index (χ1) is 19.1. The third-order valence-electron chi connectivity index (χ3n) is 6.45. The molecule has 3 aromatic rings. The lowest BCUT2D eigenvalue weighted by molar-refractivity contribution is -0.140. The molecule has 0 aliphatic rings. The zero-order valence-corrected chi connectivity index (χ0v) is 24.1. The summed E-state index contributed by atoms with van der Waals surface area (Å²) in [5.41, 5.74) is 1.74. The SMILES string of the molecule is CCCNC(=O)[C@H](CC)N(Cc1ccc(OC)cc1)C(=O)CN(c1ccc(F)cc1)S(=O)(=O)c1ccc(C)cc1. The van der Waals surface area contributed by atoms with Crippen molar-refractivity contribution in [3.8, 4) is 5.75 Å². The highest BCUT2D eigenvalue weighted by Crippen LogP contribution is 2.25. The van der Waals surface area contributed by atoms with Crippen LogP contribution < -0.4 is 14.4 Å². The molecule has 2 amide bonds. The molecule has 10 heteroatoms. The van der Waals surface area contributed by atoms with Crippen LogP contribution in [0.1, 0.15) is 37.8 Å². The van der Waals surface area contributed by atoms with Crippen LogP contribution >= 0.6 is 0 Å². The second kappa shape index (κ2) is 13.9. The molecular weight excluding hydrogens is 533 g/mol. The highest BCUT2D eigenvalue weighted by Gasteiger charge is 2.33. The number of hydrogen-bond donors (Lipinski definition) is 1. The van der Waals surface area contributed by atoms with Gasteiger partial charge < -0.3 is 15.0 Å². The lowest BCUT2D eigenvalue weighted by Crippen LogP contribution is -2.52. The molecule has 0 aliphatic carbocycles. The molecule has 0 fully saturated rings. The summed E-state index contributed by atoms with van der Waals surface area (Å²) in [6.07, 6.45) is 1.04. The molecular formula is C30H36FN3O5S. The van der Waals surface area contributed by atoms with E-state index in [2.05, 4.69) is 5.32 Å². The monoisotopic (exact) mass is 569 g/mol. The van der Waals surface area contributed by atoms with Gasteiger partial charge >= 0.3 is 0 Å². The summed E-state index contributed by atoms with van der Waals surface area (Å²) >= 11 is 0. The van der Waals surface area contributed by atoms with Crippen molar-refractivity contribution in [2.45, 2.75) is 51.1 Å². The van der Waals surface area contributed by atoms with Crippen LogP contribution in [0.4, 0.5) is 10.1 Å². The van der Waals surface area contributed by atoms with Gasteiger partial charge in [0.2, 0.25) is 11.8 Å². The van der Waals surface area contributed by atoms with E-state index in [9.17, 15) is 22.4 Å².